The van der Waals surface area contributed by atoms with Crippen molar-refractivity contribution >= 4 is 23.4 Å². The summed E-state index contributed by atoms with van der Waals surface area (Å²) in [6.07, 6.45) is 5.01. The average Bonchev–Trinajstić information content (AvgIpc) is 2.60. The summed E-state index contributed by atoms with van der Waals surface area (Å²) >= 11 is 5.97. The molecule has 7 heteroatoms. The minimum Gasteiger partial charge on any atom is -0.496 e. The molecular formula is C17H20ClN3O3. The summed E-state index contributed by atoms with van der Waals surface area (Å²) in [6.45, 7) is 0. The second kappa shape index (κ2) is 8.02. The van der Waals surface area contributed by atoms with Gasteiger partial charge in [0.1, 0.15) is 5.75 Å². The molecule has 0 unspecified atom stereocenters. The normalized spacial score (nSPS) is 19.9. The Hall–Kier alpha value is -2.26. The van der Waals surface area contributed by atoms with E-state index < -0.39 is 5.92 Å². The van der Waals surface area contributed by atoms with Crippen LogP contribution in [0.25, 0.3) is 0 Å². The van der Waals surface area contributed by atoms with Crippen LogP contribution in [0, 0.1) is 17.4 Å². The molecule has 24 heavy (non-hydrogen) atoms. The predicted octanol–water partition coefficient (Wildman–Crippen LogP) is 2.58. The molecule has 0 aliphatic heterocycles. The van der Waals surface area contributed by atoms with Gasteiger partial charge in [-0.3, -0.25) is 14.5 Å². The minimum atomic E-state index is -0.391. The molecule has 1 aromatic carbocycles. The minimum absolute atomic E-state index is 0.263. The van der Waals surface area contributed by atoms with Gasteiger partial charge in [-0.05, 0) is 31.0 Å². The number of rotatable bonds is 4. The summed E-state index contributed by atoms with van der Waals surface area (Å²) < 4.78 is 5.20. The van der Waals surface area contributed by atoms with Crippen molar-refractivity contribution in [3.63, 3.8) is 0 Å². The molecule has 0 aromatic heterocycles. The van der Waals surface area contributed by atoms with Crippen molar-refractivity contribution in [1.82, 2.24) is 10.2 Å². The Bertz CT molecular complexity index is 672. The van der Waals surface area contributed by atoms with Gasteiger partial charge in [-0.1, -0.05) is 24.4 Å². The topological polar surface area (TPSA) is 82.4 Å². The van der Waals surface area contributed by atoms with Crippen molar-refractivity contribution in [3.05, 3.63) is 28.8 Å². The van der Waals surface area contributed by atoms with Crippen molar-refractivity contribution in [2.75, 3.05) is 14.2 Å². The number of ether oxygens (including phenoxy) is 1. The van der Waals surface area contributed by atoms with E-state index in [9.17, 15) is 9.59 Å². The van der Waals surface area contributed by atoms with Crippen LogP contribution < -0.4 is 10.1 Å². The summed E-state index contributed by atoms with van der Waals surface area (Å²) in [6, 6.07) is 4.51. The van der Waals surface area contributed by atoms with Crippen LogP contribution in [0.4, 0.5) is 0 Å². The number of carbonyl (C=O) groups is 2. The first-order valence-electron chi connectivity index (χ1n) is 7.79. The van der Waals surface area contributed by atoms with Crippen LogP contribution in [-0.2, 0) is 4.79 Å². The fraction of sp³-hybridized carbons (Fsp3) is 0.471. The van der Waals surface area contributed by atoms with Crippen LogP contribution in [0.3, 0.4) is 0 Å². The van der Waals surface area contributed by atoms with Crippen molar-refractivity contribution in [1.29, 1.82) is 5.26 Å². The lowest BCUT2D eigenvalue weighted by atomic mass is 9.83. The Kier molecular flexibility index (Phi) is 6.04. The highest BCUT2D eigenvalue weighted by Crippen LogP contribution is 2.28. The van der Waals surface area contributed by atoms with E-state index >= 15 is 0 Å². The van der Waals surface area contributed by atoms with Crippen LogP contribution in [0.5, 0.6) is 5.75 Å². The van der Waals surface area contributed by atoms with Gasteiger partial charge in [0.2, 0.25) is 5.91 Å². The maximum atomic E-state index is 12.6. The number of halogens is 1. The average molecular weight is 350 g/mol. The number of hydrogen-bond acceptors (Lipinski definition) is 4. The lowest BCUT2D eigenvalue weighted by Crippen LogP contribution is -2.48. The van der Waals surface area contributed by atoms with E-state index in [1.54, 1.807) is 12.1 Å². The Labute approximate surface area is 146 Å². The summed E-state index contributed by atoms with van der Waals surface area (Å²) in [7, 11) is 2.92. The highest BCUT2D eigenvalue weighted by molar-refractivity contribution is 6.31. The van der Waals surface area contributed by atoms with Gasteiger partial charge in [0.15, 0.2) is 6.19 Å². The zero-order valence-corrected chi connectivity index (χ0v) is 14.5. The molecule has 1 saturated carbocycles. The first-order chi connectivity index (χ1) is 11.5. The van der Waals surface area contributed by atoms with Crippen molar-refractivity contribution in [2.24, 2.45) is 5.92 Å². The fourth-order valence-electron chi connectivity index (χ4n) is 3.00. The zero-order valence-electron chi connectivity index (χ0n) is 13.7. The monoisotopic (exact) mass is 349 g/mol. The van der Waals surface area contributed by atoms with Gasteiger partial charge >= 0.3 is 0 Å². The molecule has 1 aromatic rings. The molecular weight excluding hydrogens is 330 g/mol. The SMILES string of the molecule is COc1ccc(Cl)cc1C(=O)N[C@@H]1CCCC[C@H]1C(=O)N(C)C#N. The quantitative estimate of drug-likeness (QED) is 0.669. The van der Waals surface area contributed by atoms with E-state index in [-0.39, 0.29) is 17.9 Å². The Morgan fingerprint density at radius 1 is 1.38 bits per heavy atom. The maximum Gasteiger partial charge on any atom is 0.255 e. The predicted molar refractivity (Wildman–Crippen MR) is 89.6 cm³/mol. The lowest BCUT2D eigenvalue weighted by molar-refractivity contribution is -0.133. The Morgan fingerprint density at radius 2 is 2.08 bits per heavy atom. The van der Waals surface area contributed by atoms with Crippen molar-refractivity contribution in [3.8, 4) is 11.9 Å². The van der Waals surface area contributed by atoms with Crippen LogP contribution in [0.2, 0.25) is 5.02 Å². The molecule has 0 spiro atoms. The van der Waals surface area contributed by atoms with E-state index in [1.807, 2.05) is 6.19 Å². The number of amides is 2. The Balaban J connectivity index is 2.18. The van der Waals surface area contributed by atoms with E-state index in [2.05, 4.69) is 5.32 Å². The number of nitriles is 1. The van der Waals surface area contributed by atoms with Gasteiger partial charge in [-0.15, -0.1) is 0 Å². The second-order valence-corrected chi connectivity index (χ2v) is 6.25. The lowest BCUT2D eigenvalue weighted by Gasteiger charge is -2.32. The molecule has 2 rings (SSSR count). The molecule has 128 valence electrons. The van der Waals surface area contributed by atoms with Crippen LogP contribution in [-0.4, -0.2) is 36.9 Å². The molecule has 0 heterocycles. The number of hydrogen-bond donors (Lipinski definition) is 1. The van der Waals surface area contributed by atoms with Crippen LogP contribution in [0.15, 0.2) is 18.2 Å². The van der Waals surface area contributed by atoms with Gasteiger partial charge < -0.3 is 10.1 Å². The molecule has 2 atom stereocenters. The van der Waals surface area contributed by atoms with Gasteiger partial charge in [-0.25, -0.2) is 0 Å². The van der Waals surface area contributed by atoms with Gasteiger partial charge in [0, 0.05) is 18.1 Å². The third kappa shape index (κ3) is 3.98. The third-order valence-corrected chi connectivity index (χ3v) is 4.52. The smallest absolute Gasteiger partial charge is 0.255 e. The van der Waals surface area contributed by atoms with Gasteiger partial charge in [0.05, 0.1) is 18.6 Å². The molecule has 1 fully saturated rings. The van der Waals surface area contributed by atoms with E-state index in [4.69, 9.17) is 21.6 Å². The molecule has 1 N–H and O–H groups in total. The highest BCUT2D eigenvalue weighted by Gasteiger charge is 2.34. The van der Waals surface area contributed by atoms with E-state index in [0.717, 1.165) is 17.7 Å². The van der Waals surface area contributed by atoms with Gasteiger partial charge in [0.25, 0.3) is 5.91 Å². The largest absolute Gasteiger partial charge is 0.496 e. The maximum absolute atomic E-state index is 12.6. The summed E-state index contributed by atoms with van der Waals surface area (Å²) in [4.78, 5) is 26.0. The summed E-state index contributed by atoms with van der Waals surface area (Å²) in [5.41, 5.74) is 0.329. The first-order valence-corrected chi connectivity index (χ1v) is 8.17. The molecule has 0 bridgehead atoms. The van der Waals surface area contributed by atoms with Crippen molar-refractivity contribution < 1.29 is 14.3 Å². The number of nitrogens with one attached hydrogen (secondary N) is 1. The van der Waals surface area contributed by atoms with Crippen molar-refractivity contribution in [2.45, 2.75) is 31.7 Å². The highest BCUT2D eigenvalue weighted by atomic mass is 35.5. The Morgan fingerprint density at radius 3 is 2.75 bits per heavy atom. The summed E-state index contributed by atoms with van der Waals surface area (Å²) in [5, 5.41) is 12.3. The second-order valence-electron chi connectivity index (χ2n) is 5.81. The van der Waals surface area contributed by atoms with Crippen LogP contribution >= 0.6 is 11.6 Å². The number of methoxy groups -OCH3 is 1. The molecule has 1 aliphatic carbocycles. The summed E-state index contributed by atoms with van der Waals surface area (Å²) in [5.74, 6) is -0.568. The molecule has 0 radical (unpaired) electrons. The van der Waals surface area contributed by atoms with E-state index in [1.165, 1.54) is 20.2 Å². The number of nitrogens with zero attached hydrogens (tertiary/aromatic N) is 2. The van der Waals surface area contributed by atoms with Crippen LogP contribution in [0.1, 0.15) is 36.0 Å². The number of carbonyl (C=O) groups excluding carboxylic acids is 2. The standard InChI is InChI=1S/C17H20ClN3O3/c1-21(10-19)17(23)12-5-3-4-6-14(12)20-16(22)13-9-11(18)7-8-15(13)24-2/h7-9,12,14H,3-6H2,1-2H3,(H,20,22)/t12-,14-/m1/s1. The molecule has 1 aliphatic rings. The zero-order chi connectivity index (χ0) is 17.7. The molecule has 2 amide bonds. The number of benzene rings is 1. The van der Waals surface area contributed by atoms with E-state index in [0.29, 0.717) is 29.2 Å². The fourth-order valence-corrected chi connectivity index (χ4v) is 3.17. The third-order valence-electron chi connectivity index (χ3n) is 4.29. The van der Waals surface area contributed by atoms with Gasteiger partial charge in [-0.2, -0.15) is 5.26 Å². The first kappa shape index (κ1) is 18.1. The molecule has 0 saturated heterocycles. The molecule has 6 nitrogen and oxygen atoms in total.